The highest BCUT2D eigenvalue weighted by molar-refractivity contribution is 7.91. The van der Waals surface area contributed by atoms with Crippen molar-refractivity contribution in [3.8, 4) is 5.75 Å². The van der Waals surface area contributed by atoms with Crippen molar-refractivity contribution in [2.75, 3.05) is 13.1 Å². The van der Waals surface area contributed by atoms with Gasteiger partial charge in [0.25, 0.3) is 15.9 Å². The highest BCUT2D eigenvalue weighted by atomic mass is 32.2. The summed E-state index contributed by atoms with van der Waals surface area (Å²) in [4.78, 5) is 23.5. The molecule has 2 aromatic rings. The van der Waals surface area contributed by atoms with Crippen LogP contribution in [0, 0.1) is 0 Å². The summed E-state index contributed by atoms with van der Waals surface area (Å²) in [5, 5.41) is 4.66. The van der Waals surface area contributed by atoms with E-state index >= 15 is 0 Å². The number of piperidine rings is 1. The van der Waals surface area contributed by atoms with E-state index in [0.29, 0.717) is 41.5 Å². The number of hydrogen-bond donors (Lipinski definition) is 1. The summed E-state index contributed by atoms with van der Waals surface area (Å²) in [6, 6.07) is 9.60. The van der Waals surface area contributed by atoms with Gasteiger partial charge in [0.2, 0.25) is 0 Å². The van der Waals surface area contributed by atoms with Crippen molar-refractivity contribution in [3.63, 3.8) is 0 Å². The maximum absolute atomic E-state index is 12.5. The molecule has 1 N–H and O–H groups in total. The molecule has 3 rings (SSSR count). The van der Waals surface area contributed by atoms with Crippen LogP contribution in [-0.4, -0.2) is 43.7 Å². The maximum Gasteiger partial charge on any atom is 0.308 e. The van der Waals surface area contributed by atoms with Crippen molar-refractivity contribution in [2.45, 2.75) is 30.0 Å². The molecule has 0 bridgehead atoms. The molecule has 2 heterocycles. The fraction of sp³-hybridized carbons (Fsp3) is 0.333. The number of carbonyl (C=O) groups is 2. The Morgan fingerprint density at radius 2 is 1.93 bits per heavy atom. The van der Waals surface area contributed by atoms with E-state index in [-0.39, 0.29) is 11.9 Å². The summed E-state index contributed by atoms with van der Waals surface area (Å²) < 4.78 is 31.9. The highest BCUT2D eigenvalue weighted by Gasteiger charge is 2.30. The average Bonchev–Trinajstić information content (AvgIpc) is 3.17. The number of rotatable bonds is 5. The van der Waals surface area contributed by atoms with Crippen LogP contribution in [0.2, 0.25) is 0 Å². The Balaban J connectivity index is 1.58. The van der Waals surface area contributed by atoms with Crippen molar-refractivity contribution in [3.05, 3.63) is 47.3 Å². The standard InChI is InChI=1S/C18H20N2O5S2/c1-13(21)25-16-5-2-4-14(12-16)18(22)19-15-7-9-20(10-8-15)27(23,24)17-6-3-11-26-17/h2-6,11-12,15H,7-10H2,1H3,(H,19,22). The Morgan fingerprint density at radius 3 is 2.56 bits per heavy atom. The van der Waals surface area contributed by atoms with Crippen LogP contribution in [0.5, 0.6) is 5.75 Å². The minimum atomic E-state index is -3.45. The number of nitrogens with zero attached hydrogens (tertiary/aromatic N) is 1. The van der Waals surface area contributed by atoms with Gasteiger partial charge in [-0.3, -0.25) is 9.59 Å². The third-order valence-electron chi connectivity index (χ3n) is 4.24. The summed E-state index contributed by atoms with van der Waals surface area (Å²) in [6.07, 6.45) is 1.08. The molecule has 0 saturated carbocycles. The van der Waals surface area contributed by atoms with Gasteiger partial charge in [-0.1, -0.05) is 12.1 Å². The predicted octanol–water partition coefficient (Wildman–Crippen LogP) is 2.26. The van der Waals surface area contributed by atoms with Crippen LogP contribution in [0.15, 0.2) is 46.0 Å². The van der Waals surface area contributed by atoms with Crippen LogP contribution in [-0.2, 0) is 14.8 Å². The summed E-state index contributed by atoms with van der Waals surface area (Å²) in [6.45, 7) is 2.02. The molecule has 144 valence electrons. The molecule has 1 aromatic carbocycles. The molecular weight excluding hydrogens is 388 g/mol. The third kappa shape index (κ3) is 4.74. The SMILES string of the molecule is CC(=O)Oc1cccc(C(=O)NC2CCN(S(=O)(=O)c3cccs3)CC2)c1. The number of hydrogen-bond acceptors (Lipinski definition) is 6. The lowest BCUT2D eigenvalue weighted by atomic mass is 10.1. The molecule has 0 aliphatic carbocycles. The largest absolute Gasteiger partial charge is 0.427 e. The van der Waals surface area contributed by atoms with Crippen LogP contribution in [0.3, 0.4) is 0 Å². The van der Waals surface area contributed by atoms with Crippen LogP contribution in [0.1, 0.15) is 30.1 Å². The van der Waals surface area contributed by atoms with E-state index in [2.05, 4.69) is 5.32 Å². The lowest BCUT2D eigenvalue weighted by Gasteiger charge is -2.31. The summed E-state index contributed by atoms with van der Waals surface area (Å²) in [5.41, 5.74) is 0.391. The van der Waals surface area contributed by atoms with Gasteiger partial charge in [0.15, 0.2) is 0 Å². The Kier molecular flexibility index (Phi) is 5.93. The summed E-state index contributed by atoms with van der Waals surface area (Å²) >= 11 is 1.20. The van der Waals surface area contributed by atoms with Gasteiger partial charge >= 0.3 is 5.97 Å². The molecule has 1 fully saturated rings. The molecule has 0 atom stereocenters. The first kappa shape index (κ1) is 19.5. The van der Waals surface area contributed by atoms with Crippen molar-refractivity contribution in [1.29, 1.82) is 0 Å². The van der Waals surface area contributed by atoms with Gasteiger partial charge in [0.1, 0.15) is 9.96 Å². The number of nitrogens with one attached hydrogen (secondary N) is 1. The van der Waals surface area contributed by atoms with Crippen molar-refractivity contribution in [2.24, 2.45) is 0 Å². The lowest BCUT2D eigenvalue weighted by molar-refractivity contribution is -0.131. The molecule has 0 radical (unpaired) electrons. The second-order valence-corrected chi connectivity index (χ2v) is 9.32. The normalized spacial score (nSPS) is 16.0. The number of amides is 1. The van der Waals surface area contributed by atoms with Gasteiger partial charge in [-0.05, 0) is 42.5 Å². The Hall–Kier alpha value is -2.23. The molecule has 27 heavy (non-hydrogen) atoms. The topological polar surface area (TPSA) is 92.8 Å². The third-order valence-corrected chi connectivity index (χ3v) is 7.51. The molecule has 1 aromatic heterocycles. The predicted molar refractivity (Wildman–Crippen MR) is 101 cm³/mol. The first-order chi connectivity index (χ1) is 12.9. The van der Waals surface area contributed by atoms with Crippen molar-refractivity contribution < 1.29 is 22.7 Å². The van der Waals surface area contributed by atoms with Crippen LogP contribution in [0.4, 0.5) is 0 Å². The van der Waals surface area contributed by atoms with E-state index in [0.717, 1.165) is 0 Å². The minimum absolute atomic E-state index is 0.107. The molecule has 0 spiro atoms. The van der Waals surface area contributed by atoms with Crippen LogP contribution in [0.25, 0.3) is 0 Å². The number of sulfonamides is 1. The molecule has 7 nitrogen and oxygen atoms in total. The van der Waals surface area contributed by atoms with Gasteiger partial charge in [-0.25, -0.2) is 8.42 Å². The van der Waals surface area contributed by atoms with E-state index in [1.54, 1.807) is 35.7 Å². The van der Waals surface area contributed by atoms with Crippen molar-refractivity contribution >= 4 is 33.2 Å². The summed E-state index contributed by atoms with van der Waals surface area (Å²) in [5.74, 6) is -0.414. The zero-order chi connectivity index (χ0) is 19.4. The van der Waals surface area contributed by atoms with Gasteiger partial charge in [0, 0.05) is 31.6 Å². The van der Waals surface area contributed by atoms with E-state index in [1.807, 2.05) is 0 Å². The first-order valence-electron chi connectivity index (χ1n) is 8.49. The molecule has 0 unspecified atom stereocenters. The van der Waals surface area contributed by atoms with E-state index in [1.165, 1.54) is 28.6 Å². The Labute approximate surface area is 162 Å². The quantitative estimate of drug-likeness (QED) is 0.605. The number of carbonyl (C=O) groups excluding carboxylic acids is 2. The Morgan fingerprint density at radius 1 is 1.19 bits per heavy atom. The zero-order valence-electron chi connectivity index (χ0n) is 14.8. The fourth-order valence-electron chi connectivity index (χ4n) is 2.91. The minimum Gasteiger partial charge on any atom is -0.427 e. The van der Waals surface area contributed by atoms with Gasteiger partial charge in [0.05, 0.1) is 0 Å². The fourth-order valence-corrected chi connectivity index (χ4v) is 5.53. The highest BCUT2D eigenvalue weighted by Crippen LogP contribution is 2.24. The first-order valence-corrected chi connectivity index (χ1v) is 10.8. The number of esters is 1. The zero-order valence-corrected chi connectivity index (χ0v) is 16.4. The molecule has 1 saturated heterocycles. The number of ether oxygens (including phenoxy) is 1. The molecular formula is C18H20N2O5S2. The maximum atomic E-state index is 12.5. The molecule has 1 aliphatic rings. The molecule has 1 amide bonds. The van der Waals surface area contributed by atoms with Crippen molar-refractivity contribution in [1.82, 2.24) is 9.62 Å². The Bertz CT molecular complexity index is 917. The van der Waals surface area contributed by atoms with Gasteiger partial charge < -0.3 is 10.1 Å². The molecule has 1 aliphatic heterocycles. The monoisotopic (exact) mass is 408 g/mol. The molecule has 9 heteroatoms. The van der Waals surface area contributed by atoms with Crippen LogP contribution < -0.4 is 10.1 Å². The van der Waals surface area contributed by atoms with E-state index in [4.69, 9.17) is 4.74 Å². The van der Waals surface area contributed by atoms with Gasteiger partial charge in [-0.2, -0.15) is 4.31 Å². The summed E-state index contributed by atoms with van der Waals surface area (Å²) in [7, 11) is -3.45. The van der Waals surface area contributed by atoms with Crippen LogP contribution >= 0.6 is 11.3 Å². The van der Waals surface area contributed by atoms with Gasteiger partial charge in [-0.15, -0.1) is 11.3 Å². The lowest BCUT2D eigenvalue weighted by Crippen LogP contribution is -2.46. The van der Waals surface area contributed by atoms with E-state index in [9.17, 15) is 18.0 Å². The second-order valence-electron chi connectivity index (χ2n) is 6.21. The average molecular weight is 409 g/mol. The van der Waals surface area contributed by atoms with E-state index < -0.39 is 16.0 Å². The number of benzene rings is 1. The smallest absolute Gasteiger partial charge is 0.308 e. The number of thiophene rings is 1. The second kappa shape index (κ2) is 8.20.